The number of aromatic nitrogens is 1. The van der Waals surface area contributed by atoms with Gasteiger partial charge in [0.25, 0.3) is 0 Å². The van der Waals surface area contributed by atoms with Crippen LogP contribution in [0, 0.1) is 0 Å². The Hall–Kier alpha value is -13.1. The van der Waals surface area contributed by atoms with E-state index >= 15 is 0 Å². The molecule has 0 bridgehead atoms. The molecule has 19 rings (SSSR count). The quantitative estimate of drug-likeness (QED) is 0.107. The molecular weight excluding hydrogens is 1210 g/mol. The summed E-state index contributed by atoms with van der Waals surface area (Å²) in [7, 11) is 0. The molecule has 0 saturated carbocycles. The molecule has 0 fully saturated rings. The topological polar surface area (TPSA) is 11.4 Å². The number of anilines is 6. The van der Waals surface area contributed by atoms with Crippen LogP contribution in [0.25, 0.3) is 115 Å². The van der Waals surface area contributed by atoms with Crippen molar-refractivity contribution in [2.75, 3.05) is 9.80 Å². The van der Waals surface area contributed by atoms with E-state index in [2.05, 4.69) is 409 Å². The van der Waals surface area contributed by atoms with Crippen LogP contribution in [0.5, 0.6) is 0 Å². The van der Waals surface area contributed by atoms with Crippen molar-refractivity contribution < 1.29 is 0 Å². The molecule has 1 aliphatic rings. The van der Waals surface area contributed by atoms with Crippen LogP contribution in [0.15, 0.2) is 394 Å². The molecule has 0 radical (unpaired) electrons. The molecule has 18 aromatic rings. The molecule has 3 heteroatoms. The van der Waals surface area contributed by atoms with Gasteiger partial charge < -0.3 is 14.4 Å². The van der Waals surface area contributed by atoms with E-state index in [0.29, 0.717) is 0 Å². The number of rotatable bonds is 13. The molecule has 0 atom stereocenters. The predicted octanol–water partition coefficient (Wildman–Crippen LogP) is 26.2. The second kappa shape index (κ2) is 24.2. The van der Waals surface area contributed by atoms with Crippen LogP contribution in [0.4, 0.5) is 34.1 Å². The van der Waals surface area contributed by atoms with Gasteiger partial charge in [0.1, 0.15) is 0 Å². The van der Waals surface area contributed by atoms with Gasteiger partial charge in [0, 0.05) is 50.6 Å². The third kappa shape index (κ3) is 9.73. The van der Waals surface area contributed by atoms with E-state index in [4.69, 9.17) is 0 Å². The highest BCUT2D eigenvalue weighted by Crippen LogP contribution is 2.57. The Kier molecular flexibility index (Phi) is 14.1. The summed E-state index contributed by atoms with van der Waals surface area (Å²) in [5.41, 5.74) is 26.2. The van der Waals surface area contributed by atoms with Crippen LogP contribution in [0.2, 0.25) is 0 Å². The fraction of sp³-hybridized carbons (Fsp3) is 0.0103. The lowest BCUT2D eigenvalue weighted by atomic mass is 9.67. The number of hydrogen-bond acceptors (Lipinski definition) is 2. The zero-order valence-corrected chi connectivity index (χ0v) is 54.9. The third-order valence-corrected chi connectivity index (χ3v) is 20.8. The Balaban J connectivity index is 0.761. The maximum atomic E-state index is 2.48. The first-order valence-corrected chi connectivity index (χ1v) is 34.5. The van der Waals surface area contributed by atoms with Crippen molar-refractivity contribution in [3.63, 3.8) is 0 Å². The van der Waals surface area contributed by atoms with Crippen molar-refractivity contribution in [3.8, 4) is 61.3 Å². The van der Waals surface area contributed by atoms with E-state index < -0.39 is 5.41 Å². The first-order valence-electron chi connectivity index (χ1n) is 34.5. The van der Waals surface area contributed by atoms with Gasteiger partial charge in [0.15, 0.2) is 0 Å². The van der Waals surface area contributed by atoms with Gasteiger partial charge in [-0.15, -0.1) is 0 Å². The summed E-state index contributed by atoms with van der Waals surface area (Å²) in [5, 5.41) is 9.84. The maximum Gasteiger partial charge on any atom is 0.0714 e. The normalized spacial score (nSPS) is 12.3. The highest BCUT2D eigenvalue weighted by atomic mass is 15.1. The van der Waals surface area contributed by atoms with Crippen LogP contribution in [0.3, 0.4) is 0 Å². The summed E-state index contributed by atoms with van der Waals surface area (Å²) in [5.74, 6) is 0. The zero-order valence-electron chi connectivity index (χ0n) is 54.9. The molecule has 0 unspecified atom stereocenters. The van der Waals surface area contributed by atoms with E-state index in [1.807, 2.05) is 0 Å². The van der Waals surface area contributed by atoms with Crippen LogP contribution >= 0.6 is 0 Å². The van der Waals surface area contributed by atoms with Crippen molar-refractivity contribution >= 4 is 88.2 Å². The van der Waals surface area contributed by atoms with E-state index in [1.165, 1.54) is 98.9 Å². The molecule has 1 aliphatic carbocycles. The molecule has 17 aromatic carbocycles. The largest absolute Gasteiger partial charge is 0.310 e. The lowest BCUT2D eigenvalue weighted by Gasteiger charge is -2.35. The number of benzene rings is 17. The summed E-state index contributed by atoms with van der Waals surface area (Å²) in [4.78, 5) is 4.83. The lowest BCUT2D eigenvalue weighted by molar-refractivity contribution is 0.768. The Morgan fingerprint density at radius 3 is 1.05 bits per heavy atom. The van der Waals surface area contributed by atoms with E-state index in [-0.39, 0.29) is 0 Å². The van der Waals surface area contributed by atoms with Gasteiger partial charge in [-0.2, -0.15) is 0 Å². The Morgan fingerprint density at radius 2 is 0.530 bits per heavy atom. The van der Waals surface area contributed by atoms with Gasteiger partial charge in [-0.25, -0.2) is 0 Å². The predicted molar refractivity (Wildman–Crippen MR) is 422 cm³/mol. The summed E-state index contributed by atoms with van der Waals surface area (Å²) in [6, 6.07) is 146. The van der Waals surface area contributed by atoms with Gasteiger partial charge in [0.05, 0.1) is 16.4 Å². The SMILES string of the molecule is c1ccc(-c2ccc(-c3ccc(N(c4ccc(-c5ccccc5)cc4)c4ccc5c(c4)c4cc(-c6ccc(N(c7ccccc7)c7ccc8c(c7)C(c7ccccc7)(c7ccccc7)c7ccccc7-8)cc6)ccc4n5-c4ccc5c6ccccc6c6ccccc6c5c4)cc3)cc2)cc1. The van der Waals surface area contributed by atoms with Crippen molar-refractivity contribution in [2.45, 2.75) is 5.41 Å². The average molecular weight is 1270 g/mol. The molecule has 0 spiro atoms. The van der Waals surface area contributed by atoms with Crippen molar-refractivity contribution in [2.24, 2.45) is 0 Å². The molecule has 468 valence electrons. The molecule has 0 aliphatic heterocycles. The Labute approximate surface area is 582 Å². The minimum absolute atomic E-state index is 0.536. The molecule has 0 N–H and O–H groups in total. The van der Waals surface area contributed by atoms with Gasteiger partial charge in [-0.3, -0.25) is 0 Å². The number of fused-ring (bicyclic) bond motifs is 12. The standard InChI is InChI=1S/C97H65N3/c1-6-22-66(23-7-1)68-38-40-69(41-39-68)71-44-51-79(52-45-71)99(78-49-42-70(43-50-78)67-24-8-2-9-25-67)80-57-61-96-92(64-80)91-62-73(48-60-95(91)100(96)81-55-58-87-85-34-17-16-32-83(85)84-33-18-19-35-86(84)90(87)63-81)72-46-53-77(54-47-72)98(76-30-14-5-15-31-76)82-56-59-89-88-36-20-21-37-93(88)97(94(89)65-82,74-26-10-3-11-27-74)75-28-12-4-13-29-75/h1-65H. The second-order valence-electron chi connectivity index (χ2n) is 26.3. The smallest absolute Gasteiger partial charge is 0.0714 e. The summed E-state index contributed by atoms with van der Waals surface area (Å²) < 4.78 is 2.48. The van der Waals surface area contributed by atoms with Crippen molar-refractivity contribution in [1.82, 2.24) is 4.57 Å². The molecule has 1 heterocycles. The third-order valence-electron chi connectivity index (χ3n) is 20.8. The van der Waals surface area contributed by atoms with Gasteiger partial charge in [-0.1, -0.05) is 291 Å². The van der Waals surface area contributed by atoms with Gasteiger partial charge in [0.2, 0.25) is 0 Å². The van der Waals surface area contributed by atoms with Gasteiger partial charge in [-0.05, 0) is 213 Å². The van der Waals surface area contributed by atoms with E-state index in [0.717, 1.165) is 72.9 Å². The number of hydrogen-bond donors (Lipinski definition) is 0. The van der Waals surface area contributed by atoms with E-state index in [9.17, 15) is 0 Å². The fourth-order valence-corrected chi connectivity index (χ4v) is 16.2. The first kappa shape index (κ1) is 58.3. The Bertz CT molecular complexity index is 6010. The summed E-state index contributed by atoms with van der Waals surface area (Å²) in [6.07, 6.45) is 0. The molecule has 100 heavy (non-hydrogen) atoms. The highest BCUT2D eigenvalue weighted by molar-refractivity contribution is 6.26. The maximum absolute atomic E-state index is 2.48. The van der Waals surface area contributed by atoms with Crippen LogP contribution in [-0.2, 0) is 5.41 Å². The summed E-state index contributed by atoms with van der Waals surface area (Å²) >= 11 is 0. The monoisotopic (exact) mass is 1270 g/mol. The molecule has 1 aromatic heterocycles. The number of nitrogens with zero attached hydrogens (tertiary/aromatic N) is 3. The molecule has 3 nitrogen and oxygen atoms in total. The molecule has 0 saturated heterocycles. The zero-order chi connectivity index (χ0) is 66.1. The Morgan fingerprint density at radius 1 is 0.190 bits per heavy atom. The van der Waals surface area contributed by atoms with Crippen LogP contribution in [-0.4, -0.2) is 4.57 Å². The van der Waals surface area contributed by atoms with Crippen molar-refractivity contribution in [3.05, 3.63) is 417 Å². The van der Waals surface area contributed by atoms with Crippen LogP contribution < -0.4 is 9.80 Å². The van der Waals surface area contributed by atoms with Gasteiger partial charge >= 0.3 is 0 Å². The van der Waals surface area contributed by atoms with Crippen molar-refractivity contribution in [1.29, 1.82) is 0 Å². The second-order valence-corrected chi connectivity index (χ2v) is 26.3. The first-order chi connectivity index (χ1) is 49.6. The molecule has 0 amide bonds. The molecular formula is C97H65N3. The average Bonchev–Trinajstić information content (AvgIpc) is 1.53. The summed E-state index contributed by atoms with van der Waals surface area (Å²) in [6.45, 7) is 0. The number of para-hydroxylation sites is 1. The minimum atomic E-state index is -0.536. The fourth-order valence-electron chi connectivity index (χ4n) is 16.2. The van der Waals surface area contributed by atoms with E-state index in [1.54, 1.807) is 0 Å². The lowest BCUT2D eigenvalue weighted by Crippen LogP contribution is -2.28. The minimum Gasteiger partial charge on any atom is -0.310 e. The highest BCUT2D eigenvalue weighted by Gasteiger charge is 2.46. The van der Waals surface area contributed by atoms with Crippen LogP contribution in [0.1, 0.15) is 22.3 Å².